The number of nitrogens with one attached hydrogen (secondary N) is 1. The number of benzene rings is 1. The van der Waals surface area contributed by atoms with E-state index >= 15 is 0 Å². The van der Waals surface area contributed by atoms with E-state index in [1.54, 1.807) is 6.92 Å². The van der Waals surface area contributed by atoms with Crippen molar-refractivity contribution >= 4 is 17.8 Å². The molecule has 0 saturated heterocycles. The number of fused-ring (bicyclic) bond motifs is 1. The van der Waals surface area contributed by atoms with Gasteiger partial charge in [-0.25, -0.2) is 9.78 Å². The monoisotopic (exact) mass is 468 g/mol. The van der Waals surface area contributed by atoms with Crippen molar-refractivity contribution in [2.24, 2.45) is 5.92 Å². The first-order valence-corrected chi connectivity index (χ1v) is 11.6. The Morgan fingerprint density at radius 1 is 1.12 bits per heavy atom. The van der Waals surface area contributed by atoms with E-state index in [0.29, 0.717) is 19.3 Å². The maximum atomic E-state index is 13.0. The summed E-state index contributed by atoms with van der Waals surface area (Å²) in [7, 11) is 1.41. The summed E-state index contributed by atoms with van der Waals surface area (Å²) in [5, 5.41) is 2.61. The van der Waals surface area contributed by atoms with Crippen molar-refractivity contribution in [3.05, 3.63) is 53.3 Å². The summed E-state index contributed by atoms with van der Waals surface area (Å²) >= 11 is 0. The van der Waals surface area contributed by atoms with Gasteiger partial charge in [0, 0.05) is 24.6 Å². The zero-order valence-electron chi connectivity index (χ0n) is 20.3. The van der Waals surface area contributed by atoms with E-state index in [0.717, 1.165) is 5.56 Å². The lowest BCUT2D eigenvalue weighted by Crippen LogP contribution is -2.41. The highest BCUT2D eigenvalue weighted by atomic mass is 16.6. The Kier molecular flexibility index (Phi) is 8.26. The van der Waals surface area contributed by atoms with Crippen LogP contribution in [0.1, 0.15) is 68.1 Å². The van der Waals surface area contributed by atoms with Crippen molar-refractivity contribution in [1.29, 1.82) is 0 Å². The van der Waals surface area contributed by atoms with Crippen LogP contribution in [0, 0.1) is 5.92 Å². The average molecular weight is 469 g/mol. The van der Waals surface area contributed by atoms with E-state index < -0.39 is 23.9 Å². The SMILES string of the molecule is CCC(CC)C(=O)Oc1c(OC)ccnc1C(=O)N[C@@H](C)C(=O)OC1Cc2ccccc2C1C. The number of pyridine rings is 1. The van der Waals surface area contributed by atoms with Crippen LogP contribution in [0.15, 0.2) is 36.5 Å². The molecule has 1 amide bonds. The van der Waals surface area contributed by atoms with Crippen LogP contribution in [0.4, 0.5) is 0 Å². The van der Waals surface area contributed by atoms with Crippen molar-refractivity contribution in [3.8, 4) is 11.5 Å². The molecule has 0 fully saturated rings. The Morgan fingerprint density at radius 3 is 2.47 bits per heavy atom. The van der Waals surface area contributed by atoms with E-state index in [9.17, 15) is 14.4 Å². The smallest absolute Gasteiger partial charge is 0.328 e. The van der Waals surface area contributed by atoms with E-state index in [2.05, 4.69) is 10.3 Å². The van der Waals surface area contributed by atoms with Gasteiger partial charge in [0.1, 0.15) is 12.1 Å². The average Bonchev–Trinajstić information content (AvgIpc) is 3.15. The number of ether oxygens (including phenoxy) is 3. The molecule has 182 valence electrons. The Hall–Kier alpha value is -3.42. The molecule has 1 aliphatic carbocycles. The Bertz CT molecular complexity index is 1050. The molecule has 1 heterocycles. The molecule has 0 aliphatic heterocycles. The highest BCUT2D eigenvalue weighted by molar-refractivity contribution is 5.98. The molecular weight excluding hydrogens is 436 g/mol. The van der Waals surface area contributed by atoms with Crippen LogP contribution >= 0.6 is 0 Å². The predicted molar refractivity (Wildman–Crippen MR) is 126 cm³/mol. The zero-order chi connectivity index (χ0) is 24.8. The fourth-order valence-electron chi connectivity index (χ4n) is 4.13. The molecule has 1 N–H and O–H groups in total. The zero-order valence-corrected chi connectivity index (χ0v) is 20.3. The first kappa shape index (κ1) is 25.2. The third-order valence-electron chi connectivity index (χ3n) is 6.32. The third kappa shape index (κ3) is 5.38. The normalized spacial score (nSPS) is 17.6. The fraction of sp³-hybridized carbons (Fsp3) is 0.462. The summed E-state index contributed by atoms with van der Waals surface area (Å²) in [4.78, 5) is 42.4. The molecule has 8 heteroatoms. The second kappa shape index (κ2) is 11.1. The molecule has 0 saturated carbocycles. The van der Waals surface area contributed by atoms with Crippen molar-refractivity contribution in [1.82, 2.24) is 10.3 Å². The van der Waals surface area contributed by atoms with Gasteiger partial charge in [0.2, 0.25) is 5.75 Å². The van der Waals surface area contributed by atoms with Gasteiger partial charge in [0.05, 0.1) is 13.0 Å². The number of hydrogen-bond acceptors (Lipinski definition) is 7. The number of rotatable bonds is 9. The van der Waals surface area contributed by atoms with Gasteiger partial charge >= 0.3 is 11.9 Å². The Morgan fingerprint density at radius 2 is 1.82 bits per heavy atom. The third-order valence-corrected chi connectivity index (χ3v) is 6.32. The van der Waals surface area contributed by atoms with Crippen LogP contribution < -0.4 is 14.8 Å². The molecule has 2 unspecified atom stereocenters. The molecule has 1 aromatic carbocycles. The largest absolute Gasteiger partial charge is 0.493 e. The van der Waals surface area contributed by atoms with Crippen molar-refractivity contribution in [2.45, 2.75) is 65.0 Å². The molecule has 8 nitrogen and oxygen atoms in total. The van der Waals surface area contributed by atoms with Crippen molar-refractivity contribution in [2.75, 3.05) is 7.11 Å². The minimum atomic E-state index is -0.931. The summed E-state index contributed by atoms with van der Waals surface area (Å²) in [5.74, 6) is -1.79. The molecule has 0 bridgehead atoms. The molecule has 0 radical (unpaired) electrons. The number of nitrogens with zero attached hydrogens (tertiary/aromatic N) is 1. The quantitative estimate of drug-likeness (QED) is 0.558. The second-order valence-electron chi connectivity index (χ2n) is 8.49. The van der Waals surface area contributed by atoms with Gasteiger partial charge in [-0.1, -0.05) is 45.0 Å². The maximum absolute atomic E-state index is 13.0. The van der Waals surface area contributed by atoms with Crippen LogP contribution in [0.25, 0.3) is 0 Å². The number of amides is 1. The highest BCUT2D eigenvalue weighted by Crippen LogP contribution is 2.35. The summed E-state index contributed by atoms with van der Waals surface area (Å²) in [5.41, 5.74) is 2.19. The highest BCUT2D eigenvalue weighted by Gasteiger charge is 2.33. The molecule has 1 aromatic heterocycles. The van der Waals surface area contributed by atoms with Gasteiger partial charge in [-0.3, -0.25) is 9.59 Å². The molecular formula is C26H32N2O6. The summed E-state index contributed by atoms with van der Waals surface area (Å²) in [6.45, 7) is 7.35. The lowest BCUT2D eigenvalue weighted by atomic mass is 10.0. The predicted octanol–water partition coefficient (Wildman–Crippen LogP) is 3.82. The minimum Gasteiger partial charge on any atom is -0.493 e. The fourth-order valence-corrected chi connectivity index (χ4v) is 4.13. The van der Waals surface area contributed by atoms with Crippen LogP contribution in [0.3, 0.4) is 0 Å². The van der Waals surface area contributed by atoms with Gasteiger partial charge in [0.15, 0.2) is 11.4 Å². The summed E-state index contributed by atoms with van der Waals surface area (Å²) < 4.78 is 16.5. The lowest BCUT2D eigenvalue weighted by molar-refractivity contribution is -0.151. The maximum Gasteiger partial charge on any atom is 0.328 e. The minimum absolute atomic E-state index is 0.0687. The number of esters is 2. The van der Waals surface area contributed by atoms with Crippen molar-refractivity contribution < 1.29 is 28.6 Å². The van der Waals surface area contributed by atoms with Crippen molar-refractivity contribution in [3.63, 3.8) is 0 Å². The van der Waals surface area contributed by atoms with E-state index in [-0.39, 0.29) is 35.1 Å². The first-order valence-electron chi connectivity index (χ1n) is 11.6. The standard InChI is InChI=1S/C26H32N2O6/c1-6-17(7-2)26(31)34-23-20(32-5)12-13-27-22(23)24(29)28-16(4)25(30)33-21-14-18-10-8-9-11-19(18)15(21)3/h8-13,15-17,21H,6-7,14H2,1-5H3,(H,28,29)/t15?,16-,21?/m0/s1. The molecule has 2 aromatic rings. The summed E-state index contributed by atoms with van der Waals surface area (Å²) in [6.07, 6.45) is 2.92. The molecule has 34 heavy (non-hydrogen) atoms. The van der Waals surface area contributed by atoms with Crippen LogP contribution in [0.2, 0.25) is 0 Å². The molecule has 3 rings (SSSR count). The number of hydrogen-bond donors (Lipinski definition) is 1. The van der Waals surface area contributed by atoms with E-state index in [1.165, 1.54) is 24.9 Å². The van der Waals surface area contributed by atoms with Crippen LogP contribution in [0.5, 0.6) is 11.5 Å². The topological polar surface area (TPSA) is 104 Å². The van der Waals surface area contributed by atoms with E-state index in [1.807, 2.05) is 45.0 Å². The van der Waals surface area contributed by atoms with Gasteiger partial charge < -0.3 is 19.5 Å². The lowest BCUT2D eigenvalue weighted by Gasteiger charge is -2.21. The van der Waals surface area contributed by atoms with Gasteiger partial charge in [-0.2, -0.15) is 0 Å². The Labute approximate surface area is 200 Å². The van der Waals surface area contributed by atoms with Gasteiger partial charge in [0.25, 0.3) is 5.91 Å². The van der Waals surface area contributed by atoms with E-state index in [4.69, 9.17) is 14.2 Å². The second-order valence-corrected chi connectivity index (χ2v) is 8.49. The van der Waals surface area contributed by atoms with Gasteiger partial charge in [-0.05, 0) is 30.9 Å². The molecule has 3 atom stereocenters. The number of aromatic nitrogens is 1. The Balaban J connectivity index is 1.70. The van der Waals surface area contributed by atoms with Crippen LogP contribution in [-0.2, 0) is 20.7 Å². The van der Waals surface area contributed by atoms with Gasteiger partial charge in [-0.15, -0.1) is 0 Å². The van der Waals surface area contributed by atoms with Crippen LogP contribution in [-0.4, -0.2) is 42.1 Å². The number of carbonyl (C=O) groups excluding carboxylic acids is 3. The molecule has 1 aliphatic rings. The molecule has 0 spiro atoms. The first-order chi connectivity index (χ1) is 16.3. The number of methoxy groups -OCH3 is 1. The summed E-state index contributed by atoms with van der Waals surface area (Å²) in [6, 6.07) is 8.58. The number of carbonyl (C=O) groups is 3.